The Bertz CT molecular complexity index is 3790. The van der Waals surface area contributed by atoms with Crippen molar-refractivity contribution in [1.82, 2.24) is 0 Å². The summed E-state index contributed by atoms with van der Waals surface area (Å²) in [6.07, 6.45) is 0. The van der Waals surface area contributed by atoms with Gasteiger partial charge < -0.3 is 0 Å². The predicted octanol–water partition coefficient (Wildman–Crippen LogP) is 16.8. The van der Waals surface area contributed by atoms with E-state index in [2.05, 4.69) is 231 Å². The summed E-state index contributed by atoms with van der Waals surface area (Å²) in [7, 11) is 0. The maximum Gasteiger partial charge on any atom is 0.0725 e. The van der Waals surface area contributed by atoms with Crippen LogP contribution in [0.25, 0.3) is 109 Å². The Kier molecular flexibility index (Phi) is 7.13. The van der Waals surface area contributed by atoms with Gasteiger partial charge in [0.1, 0.15) is 0 Å². The first-order chi connectivity index (χ1) is 31.3. The van der Waals surface area contributed by atoms with Gasteiger partial charge in [-0.1, -0.05) is 212 Å². The highest BCUT2D eigenvalue weighted by Gasteiger charge is 2.52. The summed E-state index contributed by atoms with van der Waals surface area (Å²) >= 11 is 0. The standard InChI is InChI=1S/C63H38/c1-3-17-46-39(14-1)16-13-25-47(46)41-28-30-42(31-29-41)60-51-21-5-7-23-53(51)61(54-24-8-6-22-52(54)60)44-33-32-43-37-55-59(38-45(43)36-44)63(58-35-34-40-15-2-4-18-48(40)62(55)58)56-26-11-9-19-49(56)50-20-10-12-27-57(50)63/h1-38H. The van der Waals surface area contributed by atoms with Crippen molar-refractivity contribution in [2.24, 2.45) is 0 Å². The molecule has 2 aliphatic rings. The molecule has 12 aromatic rings. The number of fused-ring (bicyclic) bond motifs is 16. The third-order valence-corrected chi connectivity index (χ3v) is 14.4. The fourth-order valence-corrected chi connectivity index (χ4v) is 11.8. The van der Waals surface area contributed by atoms with Crippen molar-refractivity contribution >= 4 is 53.9 Å². The van der Waals surface area contributed by atoms with Gasteiger partial charge in [-0.25, -0.2) is 0 Å². The largest absolute Gasteiger partial charge is 0.0725 e. The van der Waals surface area contributed by atoms with Crippen LogP contribution in [0, 0.1) is 0 Å². The van der Waals surface area contributed by atoms with Gasteiger partial charge in [0.25, 0.3) is 0 Å². The van der Waals surface area contributed by atoms with E-state index in [-0.39, 0.29) is 0 Å². The Hall–Kier alpha value is -8.06. The Balaban J connectivity index is 0.991. The van der Waals surface area contributed by atoms with Crippen LogP contribution in [0.15, 0.2) is 231 Å². The molecule has 0 atom stereocenters. The summed E-state index contributed by atoms with van der Waals surface area (Å²) < 4.78 is 0. The number of rotatable bonds is 3. The summed E-state index contributed by atoms with van der Waals surface area (Å²) in [5, 5.41) is 12.7. The minimum atomic E-state index is -0.420. The van der Waals surface area contributed by atoms with Crippen LogP contribution in [0.2, 0.25) is 0 Å². The lowest BCUT2D eigenvalue weighted by Crippen LogP contribution is -2.25. The number of benzene rings is 12. The molecule has 290 valence electrons. The average molecular weight is 795 g/mol. The third-order valence-electron chi connectivity index (χ3n) is 14.4. The third kappa shape index (κ3) is 4.70. The first-order valence-electron chi connectivity index (χ1n) is 22.1. The molecule has 0 nitrogen and oxygen atoms in total. The molecule has 0 fully saturated rings. The quantitative estimate of drug-likeness (QED) is 0.156. The summed E-state index contributed by atoms with van der Waals surface area (Å²) in [4.78, 5) is 0. The van der Waals surface area contributed by atoms with E-state index in [0.29, 0.717) is 0 Å². The predicted molar refractivity (Wildman–Crippen MR) is 267 cm³/mol. The van der Waals surface area contributed by atoms with Gasteiger partial charge in [0.15, 0.2) is 0 Å². The molecular weight excluding hydrogens is 757 g/mol. The molecule has 0 saturated carbocycles. The van der Waals surface area contributed by atoms with Crippen LogP contribution in [-0.2, 0) is 5.41 Å². The van der Waals surface area contributed by atoms with Crippen LogP contribution >= 0.6 is 0 Å². The van der Waals surface area contributed by atoms with Gasteiger partial charge in [-0.15, -0.1) is 0 Å². The monoisotopic (exact) mass is 794 g/mol. The fraction of sp³-hybridized carbons (Fsp3) is 0.0159. The molecule has 0 aromatic heterocycles. The number of hydrogen-bond donors (Lipinski definition) is 0. The molecule has 0 aliphatic heterocycles. The van der Waals surface area contributed by atoms with Gasteiger partial charge in [-0.3, -0.25) is 0 Å². The summed E-state index contributed by atoms with van der Waals surface area (Å²) in [5.41, 5.74) is 17.9. The lowest BCUT2D eigenvalue weighted by atomic mass is 9.70. The van der Waals surface area contributed by atoms with Gasteiger partial charge in [0, 0.05) is 0 Å². The van der Waals surface area contributed by atoms with Crippen LogP contribution in [0.3, 0.4) is 0 Å². The van der Waals surface area contributed by atoms with Crippen LogP contribution in [-0.4, -0.2) is 0 Å². The molecule has 2 aliphatic carbocycles. The minimum absolute atomic E-state index is 0.420. The number of hydrogen-bond acceptors (Lipinski definition) is 0. The van der Waals surface area contributed by atoms with E-state index in [1.807, 2.05) is 0 Å². The average Bonchev–Trinajstić information content (AvgIpc) is 3.81. The topological polar surface area (TPSA) is 0 Å². The second-order valence-corrected chi connectivity index (χ2v) is 17.5. The molecule has 0 amide bonds. The van der Waals surface area contributed by atoms with Gasteiger partial charge in [-0.2, -0.15) is 0 Å². The van der Waals surface area contributed by atoms with E-state index in [0.717, 1.165) is 0 Å². The van der Waals surface area contributed by atoms with Crippen molar-refractivity contribution < 1.29 is 0 Å². The molecule has 0 heteroatoms. The van der Waals surface area contributed by atoms with Gasteiger partial charge in [0.05, 0.1) is 5.41 Å². The molecule has 63 heavy (non-hydrogen) atoms. The molecular formula is C63H38. The van der Waals surface area contributed by atoms with Crippen molar-refractivity contribution in [1.29, 1.82) is 0 Å². The van der Waals surface area contributed by atoms with E-state index in [9.17, 15) is 0 Å². The zero-order valence-electron chi connectivity index (χ0n) is 34.4. The molecule has 0 radical (unpaired) electrons. The Morgan fingerprint density at radius 3 is 1.35 bits per heavy atom. The SMILES string of the molecule is c1ccc2c(c1)-c1ccccc1C21c2cc3cc(-c4c5ccccc5c(-c5ccc(-c6cccc7ccccc67)cc5)c5ccccc45)ccc3cc2-c2c1ccc1ccccc21. The van der Waals surface area contributed by atoms with Crippen molar-refractivity contribution in [3.8, 4) is 55.6 Å². The summed E-state index contributed by atoms with van der Waals surface area (Å²) in [6, 6.07) is 86.7. The van der Waals surface area contributed by atoms with Crippen LogP contribution in [0.5, 0.6) is 0 Å². The highest BCUT2D eigenvalue weighted by atomic mass is 14.5. The lowest BCUT2D eigenvalue weighted by molar-refractivity contribution is 0.795. The summed E-state index contributed by atoms with van der Waals surface area (Å²) in [5.74, 6) is 0. The highest BCUT2D eigenvalue weighted by Crippen LogP contribution is 2.64. The highest BCUT2D eigenvalue weighted by molar-refractivity contribution is 6.22. The minimum Gasteiger partial charge on any atom is -0.0619 e. The van der Waals surface area contributed by atoms with E-state index >= 15 is 0 Å². The van der Waals surface area contributed by atoms with Crippen molar-refractivity contribution in [3.63, 3.8) is 0 Å². The Morgan fingerprint density at radius 1 is 0.206 bits per heavy atom. The van der Waals surface area contributed by atoms with Crippen molar-refractivity contribution in [2.45, 2.75) is 5.41 Å². The molecule has 12 aromatic carbocycles. The molecule has 0 bridgehead atoms. The lowest BCUT2D eigenvalue weighted by Gasteiger charge is -2.30. The first-order valence-corrected chi connectivity index (χ1v) is 22.1. The van der Waals surface area contributed by atoms with Crippen LogP contribution in [0.1, 0.15) is 22.3 Å². The fourth-order valence-electron chi connectivity index (χ4n) is 11.8. The van der Waals surface area contributed by atoms with E-state index in [1.54, 1.807) is 0 Å². The van der Waals surface area contributed by atoms with Crippen LogP contribution in [0.4, 0.5) is 0 Å². The van der Waals surface area contributed by atoms with Gasteiger partial charge in [-0.05, 0) is 150 Å². The van der Waals surface area contributed by atoms with E-state index in [4.69, 9.17) is 0 Å². The Morgan fingerprint density at radius 2 is 0.683 bits per heavy atom. The smallest absolute Gasteiger partial charge is 0.0619 e. The second kappa shape index (κ2) is 13.0. The van der Waals surface area contributed by atoms with E-state index in [1.165, 1.54) is 132 Å². The first kappa shape index (κ1) is 34.6. The molecule has 0 saturated heterocycles. The maximum atomic E-state index is 2.54. The molecule has 1 spiro atoms. The van der Waals surface area contributed by atoms with Gasteiger partial charge in [0.2, 0.25) is 0 Å². The normalized spacial score (nSPS) is 13.2. The molecule has 0 heterocycles. The van der Waals surface area contributed by atoms with Crippen molar-refractivity contribution in [3.05, 3.63) is 253 Å². The second-order valence-electron chi connectivity index (χ2n) is 17.5. The summed E-state index contributed by atoms with van der Waals surface area (Å²) in [6.45, 7) is 0. The van der Waals surface area contributed by atoms with Crippen LogP contribution < -0.4 is 0 Å². The Labute approximate surface area is 366 Å². The molecule has 14 rings (SSSR count). The van der Waals surface area contributed by atoms with E-state index < -0.39 is 5.41 Å². The molecule has 0 N–H and O–H groups in total. The van der Waals surface area contributed by atoms with Crippen molar-refractivity contribution in [2.75, 3.05) is 0 Å². The maximum absolute atomic E-state index is 2.54. The zero-order chi connectivity index (χ0) is 41.2. The zero-order valence-corrected chi connectivity index (χ0v) is 34.4. The molecule has 0 unspecified atom stereocenters. The van der Waals surface area contributed by atoms with Gasteiger partial charge >= 0.3 is 0 Å².